The molecular weight excluding hydrogens is 296 g/mol. The van der Waals surface area contributed by atoms with Crippen LogP contribution in [0, 0.1) is 0 Å². The van der Waals surface area contributed by atoms with Crippen molar-refractivity contribution in [1.29, 1.82) is 0 Å². The van der Waals surface area contributed by atoms with Gasteiger partial charge in [-0.1, -0.05) is 24.3 Å². The highest BCUT2D eigenvalue weighted by atomic mass is 16.5. The molecule has 2 rings (SSSR count). The molecule has 0 atom stereocenters. The number of benzene rings is 2. The van der Waals surface area contributed by atoms with Crippen molar-refractivity contribution in [2.45, 2.75) is 6.54 Å². The molecule has 0 aliphatic rings. The van der Waals surface area contributed by atoms with Gasteiger partial charge in [-0.05, 0) is 18.2 Å². The lowest BCUT2D eigenvalue weighted by molar-refractivity contribution is -0.136. The zero-order chi connectivity index (χ0) is 16.7. The maximum Gasteiger partial charge on any atom is 0.313 e. The van der Waals surface area contributed by atoms with Crippen LogP contribution in [0.1, 0.15) is 5.56 Å². The van der Waals surface area contributed by atoms with Gasteiger partial charge in [0, 0.05) is 23.9 Å². The van der Waals surface area contributed by atoms with E-state index in [0.717, 1.165) is 5.56 Å². The smallest absolute Gasteiger partial charge is 0.313 e. The highest BCUT2D eigenvalue weighted by Crippen LogP contribution is 2.17. The third-order valence-corrected chi connectivity index (χ3v) is 3.17. The summed E-state index contributed by atoms with van der Waals surface area (Å²) in [6.45, 7) is 0.203. The summed E-state index contributed by atoms with van der Waals surface area (Å²) in [4.78, 5) is 23.8. The topological polar surface area (TPSA) is 76.7 Å². The first-order chi connectivity index (χ1) is 11.1. The van der Waals surface area contributed by atoms with Crippen molar-refractivity contribution >= 4 is 17.5 Å². The lowest BCUT2D eigenvalue weighted by Crippen LogP contribution is -2.35. The summed E-state index contributed by atoms with van der Waals surface area (Å²) in [5.41, 5.74) is 1.28. The Bertz CT molecular complexity index is 700. The first-order valence-corrected chi connectivity index (χ1v) is 6.99. The summed E-state index contributed by atoms with van der Waals surface area (Å²) < 4.78 is 10.3. The number of methoxy groups -OCH3 is 2. The van der Waals surface area contributed by atoms with Crippen molar-refractivity contribution < 1.29 is 19.1 Å². The Morgan fingerprint density at radius 2 is 1.74 bits per heavy atom. The first kappa shape index (κ1) is 16.4. The fraction of sp³-hybridized carbons (Fsp3) is 0.176. The molecule has 0 bridgehead atoms. The first-order valence-electron chi connectivity index (χ1n) is 6.99. The van der Waals surface area contributed by atoms with Gasteiger partial charge in [0.15, 0.2) is 0 Å². The van der Waals surface area contributed by atoms with Crippen LogP contribution in [0.3, 0.4) is 0 Å². The van der Waals surface area contributed by atoms with Gasteiger partial charge in [0.05, 0.1) is 14.2 Å². The van der Waals surface area contributed by atoms with Crippen LogP contribution in [0.4, 0.5) is 5.69 Å². The van der Waals surface area contributed by atoms with E-state index in [4.69, 9.17) is 9.47 Å². The molecule has 0 fully saturated rings. The van der Waals surface area contributed by atoms with E-state index in [-0.39, 0.29) is 6.54 Å². The van der Waals surface area contributed by atoms with Gasteiger partial charge in [0.25, 0.3) is 0 Å². The third-order valence-electron chi connectivity index (χ3n) is 3.17. The van der Waals surface area contributed by atoms with Crippen LogP contribution in [-0.2, 0) is 16.1 Å². The molecule has 0 aliphatic heterocycles. The number of anilines is 1. The quantitative estimate of drug-likeness (QED) is 0.827. The largest absolute Gasteiger partial charge is 0.497 e. The lowest BCUT2D eigenvalue weighted by atomic mass is 10.2. The van der Waals surface area contributed by atoms with Gasteiger partial charge in [0.2, 0.25) is 0 Å². The van der Waals surface area contributed by atoms with Gasteiger partial charge in [-0.25, -0.2) is 0 Å². The van der Waals surface area contributed by atoms with Gasteiger partial charge in [0.1, 0.15) is 11.5 Å². The minimum Gasteiger partial charge on any atom is -0.497 e. The molecule has 0 radical (unpaired) electrons. The van der Waals surface area contributed by atoms with E-state index in [2.05, 4.69) is 10.6 Å². The fourth-order valence-electron chi connectivity index (χ4n) is 1.99. The SMILES string of the molecule is COc1cccc(NC(=O)C(=O)NCc2ccccc2OC)c1. The van der Waals surface area contributed by atoms with Crippen molar-refractivity contribution in [1.82, 2.24) is 5.32 Å². The van der Waals surface area contributed by atoms with Crippen molar-refractivity contribution in [2.75, 3.05) is 19.5 Å². The van der Waals surface area contributed by atoms with Gasteiger partial charge in [-0.3, -0.25) is 9.59 Å². The summed E-state index contributed by atoms with van der Waals surface area (Å²) in [7, 11) is 3.08. The van der Waals surface area contributed by atoms with E-state index in [9.17, 15) is 9.59 Å². The second kappa shape index (κ2) is 7.84. The summed E-state index contributed by atoms with van der Waals surface area (Å²) >= 11 is 0. The van der Waals surface area contributed by atoms with Gasteiger partial charge >= 0.3 is 11.8 Å². The van der Waals surface area contributed by atoms with Crippen LogP contribution in [0.15, 0.2) is 48.5 Å². The number of hydrogen-bond donors (Lipinski definition) is 2. The number of para-hydroxylation sites is 1. The number of amides is 2. The Labute approximate surface area is 134 Å². The normalized spacial score (nSPS) is 9.83. The molecule has 0 heterocycles. The minimum atomic E-state index is -0.742. The van der Waals surface area contributed by atoms with Crippen molar-refractivity contribution in [3.8, 4) is 11.5 Å². The van der Waals surface area contributed by atoms with E-state index in [0.29, 0.717) is 17.2 Å². The summed E-state index contributed by atoms with van der Waals surface area (Å²) in [5, 5.41) is 5.08. The van der Waals surface area contributed by atoms with E-state index < -0.39 is 11.8 Å². The standard InChI is InChI=1S/C17H18N2O4/c1-22-14-8-5-7-13(10-14)19-17(21)16(20)18-11-12-6-3-4-9-15(12)23-2/h3-10H,11H2,1-2H3,(H,18,20)(H,19,21). The van der Waals surface area contributed by atoms with Crippen molar-refractivity contribution in [2.24, 2.45) is 0 Å². The number of carbonyl (C=O) groups is 2. The summed E-state index contributed by atoms with van der Waals surface area (Å²) in [6.07, 6.45) is 0. The summed E-state index contributed by atoms with van der Waals surface area (Å²) in [5.74, 6) is -0.217. The highest BCUT2D eigenvalue weighted by molar-refractivity contribution is 6.39. The van der Waals surface area contributed by atoms with E-state index in [1.54, 1.807) is 37.4 Å². The zero-order valence-electron chi connectivity index (χ0n) is 13.0. The van der Waals surface area contributed by atoms with Crippen LogP contribution >= 0.6 is 0 Å². The Morgan fingerprint density at radius 3 is 2.48 bits per heavy atom. The third kappa shape index (κ3) is 4.47. The maximum atomic E-state index is 11.9. The van der Waals surface area contributed by atoms with Gasteiger partial charge in [-0.2, -0.15) is 0 Å². The Morgan fingerprint density at radius 1 is 0.957 bits per heavy atom. The molecule has 2 amide bonds. The molecule has 120 valence electrons. The molecule has 6 heteroatoms. The second-order valence-corrected chi connectivity index (χ2v) is 4.68. The Balaban J connectivity index is 1.93. The van der Waals surface area contributed by atoms with Crippen LogP contribution in [-0.4, -0.2) is 26.0 Å². The minimum absolute atomic E-state index is 0.203. The zero-order valence-corrected chi connectivity index (χ0v) is 13.0. The number of hydrogen-bond acceptors (Lipinski definition) is 4. The van der Waals surface area contributed by atoms with Crippen LogP contribution < -0.4 is 20.1 Å². The molecule has 0 saturated heterocycles. The highest BCUT2D eigenvalue weighted by Gasteiger charge is 2.14. The molecular formula is C17H18N2O4. The number of rotatable bonds is 5. The van der Waals surface area contributed by atoms with E-state index in [1.807, 2.05) is 18.2 Å². The average molecular weight is 314 g/mol. The molecule has 2 aromatic rings. The second-order valence-electron chi connectivity index (χ2n) is 4.68. The number of nitrogens with one attached hydrogen (secondary N) is 2. The predicted octanol–water partition coefficient (Wildman–Crippen LogP) is 1.96. The average Bonchev–Trinajstić information content (AvgIpc) is 2.59. The summed E-state index contributed by atoms with van der Waals surface area (Å²) in [6, 6.07) is 14.1. The van der Waals surface area contributed by atoms with Crippen molar-refractivity contribution in [3.63, 3.8) is 0 Å². The van der Waals surface area contributed by atoms with Crippen molar-refractivity contribution in [3.05, 3.63) is 54.1 Å². The lowest BCUT2D eigenvalue weighted by Gasteiger charge is -2.10. The number of carbonyl (C=O) groups excluding carboxylic acids is 2. The Kier molecular flexibility index (Phi) is 5.57. The molecule has 0 saturated carbocycles. The molecule has 6 nitrogen and oxygen atoms in total. The van der Waals surface area contributed by atoms with Gasteiger partial charge in [-0.15, -0.1) is 0 Å². The van der Waals surface area contributed by atoms with Crippen LogP contribution in [0.5, 0.6) is 11.5 Å². The molecule has 0 unspecified atom stereocenters. The van der Waals surface area contributed by atoms with Crippen LogP contribution in [0.2, 0.25) is 0 Å². The molecule has 0 spiro atoms. The molecule has 0 aliphatic carbocycles. The monoisotopic (exact) mass is 314 g/mol. The molecule has 2 aromatic carbocycles. The van der Waals surface area contributed by atoms with E-state index in [1.165, 1.54) is 7.11 Å². The molecule has 23 heavy (non-hydrogen) atoms. The molecule has 2 N–H and O–H groups in total. The maximum absolute atomic E-state index is 11.9. The van der Waals surface area contributed by atoms with E-state index >= 15 is 0 Å². The fourth-order valence-corrected chi connectivity index (χ4v) is 1.99. The predicted molar refractivity (Wildman–Crippen MR) is 86.5 cm³/mol. The van der Waals surface area contributed by atoms with Gasteiger partial charge < -0.3 is 20.1 Å². The Hall–Kier alpha value is -3.02. The number of ether oxygens (including phenoxy) is 2. The van der Waals surface area contributed by atoms with Crippen LogP contribution in [0.25, 0.3) is 0 Å². The molecule has 0 aromatic heterocycles.